The summed E-state index contributed by atoms with van der Waals surface area (Å²) in [7, 11) is 1.68. The summed E-state index contributed by atoms with van der Waals surface area (Å²) in [5.41, 5.74) is 0.976. The number of para-hydroxylation sites is 1. The molecule has 0 saturated heterocycles. The Kier molecular flexibility index (Phi) is 3.66. The van der Waals surface area contributed by atoms with E-state index in [4.69, 9.17) is 4.74 Å². The van der Waals surface area contributed by atoms with E-state index in [1.54, 1.807) is 7.11 Å². The van der Waals surface area contributed by atoms with Crippen molar-refractivity contribution in [1.29, 1.82) is 0 Å². The maximum atomic E-state index is 5.26. The highest BCUT2D eigenvalue weighted by molar-refractivity contribution is 5.46. The van der Waals surface area contributed by atoms with E-state index in [0.29, 0.717) is 5.92 Å². The van der Waals surface area contributed by atoms with Crippen molar-refractivity contribution in [3.05, 3.63) is 42.0 Å². The molecule has 1 nitrogen and oxygen atoms in total. The van der Waals surface area contributed by atoms with Gasteiger partial charge in [0.2, 0.25) is 0 Å². The second kappa shape index (κ2) is 5.42. The predicted octanol–water partition coefficient (Wildman–Crippen LogP) is 3.40. The Labute approximate surface area is 97.1 Å². The highest BCUT2D eigenvalue weighted by atomic mass is 16.5. The Hall–Kier alpha value is -1.68. The van der Waals surface area contributed by atoms with Crippen molar-refractivity contribution < 1.29 is 4.74 Å². The van der Waals surface area contributed by atoms with E-state index in [1.165, 1.54) is 19.3 Å². The topological polar surface area (TPSA) is 9.23 Å². The number of ether oxygens (including phenoxy) is 1. The van der Waals surface area contributed by atoms with Crippen LogP contribution in [0.1, 0.15) is 24.8 Å². The molecular weight excluding hydrogens is 196 g/mol. The van der Waals surface area contributed by atoms with Crippen LogP contribution in [-0.4, -0.2) is 7.11 Å². The van der Waals surface area contributed by atoms with Crippen LogP contribution in [0.2, 0.25) is 0 Å². The van der Waals surface area contributed by atoms with Gasteiger partial charge >= 0.3 is 0 Å². The van der Waals surface area contributed by atoms with Gasteiger partial charge in [0.1, 0.15) is 5.75 Å². The number of rotatable bonds is 1. The Morgan fingerprint density at radius 1 is 1.31 bits per heavy atom. The molecule has 0 saturated carbocycles. The second-order valence-electron chi connectivity index (χ2n) is 3.94. The first-order valence-electron chi connectivity index (χ1n) is 5.71. The van der Waals surface area contributed by atoms with E-state index in [0.717, 1.165) is 11.3 Å². The minimum atomic E-state index is 0.415. The second-order valence-corrected chi connectivity index (χ2v) is 3.94. The van der Waals surface area contributed by atoms with E-state index in [9.17, 15) is 0 Å². The fourth-order valence-corrected chi connectivity index (χ4v) is 1.85. The van der Waals surface area contributed by atoms with Gasteiger partial charge in [-0.05, 0) is 31.4 Å². The van der Waals surface area contributed by atoms with Crippen molar-refractivity contribution in [2.75, 3.05) is 7.11 Å². The normalized spacial score (nSPS) is 18.7. The molecule has 1 heteroatoms. The van der Waals surface area contributed by atoms with Crippen molar-refractivity contribution in [3.63, 3.8) is 0 Å². The number of allylic oxidation sites excluding steroid dienone is 2. The van der Waals surface area contributed by atoms with Gasteiger partial charge in [-0.2, -0.15) is 0 Å². The van der Waals surface area contributed by atoms with Crippen molar-refractivity contribution in [2.24, 2.45) is 5.92 Å². The van der Waals surface area contributed by atoms with Gasteiger partial charge in [-0.1, -0.05) is 36.1 Å². The molecule has 0 N–H and O–H groups in total. The average Bonchev–Trinajstić information content (AvgIpc) is 2.38. The lowest BCUT2D eigenvalue weighted by Gasteiger charge is -2.09. The lowest BCUT2D eigenvalue weighted by atomic mass is 9.96. The van der Waals surface area contributed by atoms with Crippen LogP contribution in [0, 0.1) is 17.8 Å². The molecule has 1 aromatic rings. The number of hydrogen-bond acceptors (Lipinski definition) is 1. The van der Waals surface area contributed by atoms with Crippen molar-refractivity contribution >= 4 is 0 Å². The van der Waals surface area contributed by atoms with Gasteiger partial charge in [0.05, 0.1) is 12.7 Å². The third-order valence-electron chi connectivity index (χ3n) is 2.75. The minimum absolute atomic E-state index is 0.415. The Bertz CT molecular complexity index is 434. The summed E-state index contributed by atoms with van der Waals surface area (Å²) in [5.74, 6) is 7.78. The molecule has 0 aromatic heterocycles. The Morgan fingerprint density at radius 3 is 2.94 bits per heavy atom. The summed E-state index contributed by atoms with van der Waals surface area (Å²) in [4.78, 5) is 0. The number of methoxy groups -OCH3 is 1. The van der Waals surface area contributed by atoms with Gasteiger partial charge in [0.15, 0.2) is 0 Å². The third-order valence-corrected chi connectivity index (χ3v) is 2.75. The molecule has 1 aromatic carbocycles. The summed E-state index contributed by atoms with van der Waals surface area (Å²) < 4.78 is 5.26. The van der Waals surface area contributed by atoms with Gasteiger partial charge in [-0.3, -0.25) is 0 Å². The SMILES string of the molecule is COc1ccccc1C#C[C@@H]1C=CCCC1. The standard InChI is InChI=1S/C15H16O/c1-16-15-10-6-5-9-14(15)12-11-13-7-3-2-4-8-13/h3,5-7,9-10,13H,2,4,8H2,1H3/t13-/m1/s1. The molecule has 0 fully saturated rings. The number of hydrogen-bond donors (Lipinski definition) is 0. The zero-order valence-corrected chi connectivity index (χ0v) is 9.57. The molecule has 1 aliphatic carbocycles. The van der Waals surface area contributed by atoms with Gasteiger partial charge in [-0.25, -0.2) is 0 Å². The van der Waals surface area contributed by atoms with Crippen LogP contribution in [0.3, 0.4) is 0 Å². The van der Waals surface area contributed by atoms with Crippen LogP contribution in [0.15, 0.2) is 36.4 Å². The molecule has 0 unspecified atom stereocenters. The maximum Gasteiger partial charge on any atom is 0.134 e. The van der Waals surface area contributed by atoms with Gasteiger partial charge in [-0.15, -0.1) is 0 Å². The summed E-state index contributed by atoms with van der Waals surface area (Å²) in [6.45, 7) is 0. The lowest BCUT2D eigenvalue weighted by Crippen LogP contribution is -1.97. The lowest BCUT2D eigenvalue weighted by molar-refractivity contribution is 0.413. The van der Waals surface area contributed by atoms with Crippen LogP contribution < -0.4 is 4.74 Å². The van der Waals surface area contributed by atoms with E-state index in [-0.39, 0.29) is 0 Å². The molecule has 0 spiro atoms. The van der Waals surface area contributed by atoms with Crippen LogP contribution in [-0.2, 0) is 0 Å². The first-order chi connectivity index (χ1) is 7.90. The van der Waals surface area contributed by atoms with Gasteiger partial charge in [0, 0.05) is 5.92 Å². The minimum Gasteiger partial charge on any atom is -0.495 e. The molecule has 0 radical (unpaired) electrons. The summed E-state index contributed by atoms with van der Waals surface area (Å²) in [5, 5.41) is 0. The molecule has 82 valence electrons. The summed E-state index contributed by atoms with van der Waals surface area (Å²) in [6.07, 6.45) is 8.07. The molecule has 2 rings (SSSR count). The quantitative estimate of drug-likeness (QED) is 0.512. The summed E-state index contributed by atoms with van der Waals surface area (Å²) >= 11 is 0. The summed E-state index contributed by atoms with van der Waals surface area (Å²) in [6, 6.07) is 7.90. The highest BCUT2D eigenvalue weighted by Crippen LogP contribution is 2.18. The Morgan fingerprint density at radius 2 is 2.19 bits per heavy atom. The number of benzene rings is 1. The molecule has 0 heterocycles. The molecule has 0 bridgehead atoms. The van der Waals surface area contributed by atoms with E-state index in [2.05, 4.69) is 24.0 Å². The van der Waals surface area contributed by atoms with Crippen LogP contribution in [0.5, 0.6) is 5.75 Å². The first kappa shape index (κ1) is 10.8. The molecule has 0 aliphatic heterocycles. The fourth-order valence-electron chi connectivity index (χ4n) is 1.85. The predicted molar refractivity (Wildman–Crippen MR) is 66.4 cm³/mol. The zero-order chi connectivity index (χ0) is 11.2. The van der Waals surface area contributed by atoms with Crippen molar-refractivity contribution in [2.45, 2.75) is 19.3 Å². The smallest absolute Gasteiger partial charge is 0.134 e. The maximum absolute atomic E-state index is 5.26. The zero-order valence-electron chi connectivity index (χ0n) is 9.57. The first-order valence-corrected chi connectivity index (χ1v) is 5.71. The largest absolute Gasteiger partial charge is 0.495 e. The average molecular weight is 212 g/mol. The Balaban J connectivity index is 2.16. The van der Waals surface area contributed by atoms with Crippen LogP contribution in [0.25, 0.3) is 0 Å². The van der Waals surface area contributed by atoms with Crippen LogP contribution >= 0.6 is 0 Å². The molecular formula is C15H16O. The van der Waals surface area contributed by atoms with Gasteiger partial charge in [0.25, 0.3) is 0 Å². The fraction of sp³-hybridized carbons (Fsp3) is 0.333. The molecule has 0 amide bonds. The molecule has 1 atom stereocenters. The highest BCUT2D eigenvalue weighted by Gasteiger charge is 2.04. The molecule has 16 heavy (non-hydrogen) atoms. The third kappa shape index (κ3) is 2.67. The van der Waals surface area contributed by atoms with Crippen molar-refractivity contribution in [1.82, 2.24) is 0 Å². The monoisotopic (exact) mass is 212 g/mol. The van der Waals surface area contributed by atoms with Gasteiger partial charge < -0.3 is 4.74 Å². The van der Waals surface area contributed by atoms with E-state index < -0.39 is 0 Å². The van der Waals surface area contributed by atoms with Crippen LogP contribution in [0.4, 0.5) is 0 Å². The van der Waals surface area contributed by atoms with Crippen molar-refractivity contribution in [3.8, 4) is 17.6 Å². The van der Waals surface area contributed by atoms with E-state index in [1.807, 2.05) is 24.3 Å². The molecule has 1 aliphatic rings. The van der Waals surface area contributed by atoms with E-state index >= 15 is 0 Å².